The van der Waals surface area contributed by atoms with Gasteiger partial charge in [-0.1, -0.05) is 12.1 Å². The number of fused-ring (bicyclic) bond motifs is 2. The van der Waals surface area contributed by atoms with Crippen molar-refractivity contribution >= 4 is 39.7 Å². The molecule has 2 heterocycles. The molecule has 2 amide bonds. The van der Waals surface area contributed by atoms with Crippen molar-refractivity contribution in [1.29, 1.82) is 0 Å². The molecule has 0 saturated heterocycles. The van der Waals surface area contributed by atoms with Gasteiger partial charge in [-0.2, -0.15) is 0 Å². The quantitative estimate of drug-likeness (QED) is 0.176. The third-order valence-electron chi connectivity index (χ3n) is 6.85. The Morgan fingerprint density at radius 2 is 1.59 bits per heavy atom. The SMILES string of the molecule is Cc1oc2cc3oc(=O)c(CCC(=O)NC(C(=O)NCCCC(=O)O)c4ccc(O)cc4)c(C)c3cc2c1C. The van der Waals surface area contributed by atoms with Gasteiger partial charge in [-0.15, -0.1) is 0 Å². The molecule has 0 spiro atoms. The second-order valence-corrected chi connectivity index (χ2v) is 9.50. The van der Waals surface area contributed by atoms with E-state index in [9.17, 15) is 24.3 Å². The van der Waals surface area contributed by atoms with Crippen LogP contribution >= 0.6 is 0 Å². The van der Waals surface area contributed by atoms with Gasteiger partial charge < -0.3 is 29.7 Å². The van der Waals surface area contributed by atoms with Gasteiger partial charge in [0.15, 0.2) is 0 Å². The number of carboxylic acid groups (broad SMARTS) is 1. The third kappa shape index (κ3) is 6.11. The van der Waals surface area contributed by atoms with Gasteiger partial charge in [0.2, 0.25) is 11.8 Å². The summed E-state index contributed by atoms with van der Waals surface area (Å²) in [7, 11) is 0. The first-order chi connectivity index (χ1) is 18.5. The minimum absolute atomic E-state index is 0.00208. The van der Waals surface area contributed by atoms with Crippen LogP contribution in [0.15, 0.2) is 50.0 Å². The Hall–Kier alpha value is -4.60. The van der Waals surface area contributed by atoms with E-state index in [1.165, 1.54) is 24.3 Å². The number of benzene rings is 2. The van der Waals surface area contributed by atoms with E-state index in [1.807, 2.05) is 26.8 Å². The summed E-state index contributed by atoms with van der Waals surface area (Å²) >= 11 is 0. The molecule has 1 unspecified atom stereocenters. The van der Waals surface area contributed by atoms with Crippen LogP contribution in [0.3, 0.4) is 0 Å². The molecule has 0 fully saturated rings. The van der Waals surface area contributed by atoms with E-state index in [4.69, 9.17) is 13.9 Å². The van der Waals surface area contributed by atoms with Crippen molar-refractivity contribution in [1.82, 2.24) is 10.6 Å². The largest absolute Gasteiger partial charge is 0.508 e. The summed E-state index contributed by atoms with van der Waals surface area (Å²) in [6.07, 6.45) is 0.151. The van der Waals surface area contributed by atoms with Gasteiger partial charge in [-0.05, 0) is 68.5 Å². The van der Waals surface area contributed by atoms with Crippen molar-refractivity contribution in [2.75, 3.05) is 6.54 Å². The summed E-state index contributed by atoms with van der Waals surface area (Å²) in [6, 6.07) is 8.38. The molecule has 1 atom stereocenters. The number of phenolic OH excluding ortho intramolecular Hbond substituents is 1. The first-order valence-corrected chi connectivity index (χ1v) is 12.6. The lowest BCUT2D eigenvalue weighted by Gasteiger charge is -2.19. The number of aliphatic carboxylic acids is 1. The minimum Gasteiger partial charge on any atom is -0.508 e. The van der Waals surface area contributed by atoms with Gasteiger partial charge in [0, 0.05) is 41.8 Å². The molecule has 4 rings (SSSR count). The van der Waals surface area contributed by atoms with Crippen LogP contribution in [0.4, 0.5) is 0 Å². The monoisotopic (exact) mass is 534 g/mol. The predicted molar refractivity (Wildman–Crippen MR) is 144 cm³/mol. The maximum Gasteiger partial charge on any atom is 0.339 e. The number of amides is 2. The highest BCUT2D eigenvalue weighted by Gasteiger charge is 2.23. The zero-order valence-corrected chi connectivity index (χ0v) is 21.9. The molecule has 10 heteroatoms. The Morgan fingerprint density at radius 1 is 0.923 bits per heavy atom. The molecule has 4 N–H and O–H groups in total. The number of furan rings is 1. The van der Waals surface area contributed by atoms with Crippen molar-refractivity contribution in [2.45, 2.75) is 52.5 Å². The number of carbonyl (C=O) groups is 3. The average molecular weight is 535 g/mol. The molecule has 10 nitrogen and oxygen atoms in total. The van der Waals surface area contributed by atoms with E-state index in [0.717, 1.165) is 22.1 Å². The summed E-state index contributed by atoms with van der Waals surface area (Å²) in [6.45, 7) is 5.76. The topological polar surface area (TPSA) is 159 Å². The van der Waals surface area contributed by atoms with Gasteiger partial charge in [-0.25, -0.2) is 4.79 Å². The van der Waals surface area contributed by atoms with Crippen LogP contribution < -0.4 is 16.3 Å². The van der Waals surface area contributed by atoms with Crippen LogP contribution in [0.1, 0.15) is 53.3 Å². The highest BCUT2D eigenvalue weighted by atomic mass is 16.4. The van der Waals surface area contributed by atoms with Gasteiger partial charge in [0.05, 0.1) is 0 Å². The molecule has 0 aliphatic carbocycles. The molecule has 2 aromatic heterocycles. The Balaban J connectivity index is 1.51. The fraction of sp³-hybridized carbons (Fsp3) is 0.310. The van der Waals surface area contributed by atoms with Crippen molar-refractivity contribution in [2.24, 2.45) is 0 Å². The van der Waals surface area contributed by atoms with Crippen LogP contribution in [0, 0.1) is 20.8 Å². The van der Waals surface area contributed by atoms with Crippen LogP contribution in [-0.4, -0.2) is 34.5 Å². The van der Waals surface area contributed by atoms with Crippen molar-refractivity contribution in [3.8, 4) is 5.75 Å². The number of nitrogens with one attached hydrogen (secondary N) is 2. The lowest BCUT2D eigenvalue weighted by molar-refractivity contribution is -0.137. The summed E-state index contributed by atoms with van der Waals surface area (Å²) < 4.78 is 11.3. The Morgan fingerprint density at radius 3 is 2.28 bits per heavy atom. The zero-order chi connectivity index (χ0) is 28.3. The first-order valence-electron chi connectivity index (χ1n) is 12.6. The van der Waals surface area contributed by atoms with Crippen LogP contribution in [0.25, 0.3) is 21.9 Å². The molecule has 4 aromatic rings. The number of carbonyl (C=O) groups excluding carboxylic acids is 2. The molecule has 0 bridgehead atoms. The van der Waals surface area contributed by atoms with E-state index < -0.39 is 29.5 Å². The molecule has 0 aliphatic rings. The lowest BCUT2D eigenvalue weighted by Crippen LogP contribution is -2.41. The number of hydrogen-bond acceptors (Lipinski definition) is 7. The van der Waals surface area contributed by atoms with E-state index >= 15 is 0 Å². The summed E-state index contributed by atoms with van der Waals surface area (Å²) in [4.78, 5) is 49.3. The lowest BCUT2D eigenvalue weighted by atomic mass is 10.00. The summed E-state index contributed by atoms with van der Waals surface area (Å²) in [5.74, 6) is -1.17. The predicted octanol–water partition coefficient (Wildman–Crippen LogP) is 3.94. The fourth-order valence-corrected chi connectivity index (χ4v) is 4.51. The van der Waals surface area contributed by atoms with E-state index in [2.05, 4.69) is 10.6 Å². The highest BCUT2D eigenvalue weighted by Crippen LogP contribution is 2.31. The summed E-state index contributed by atoms with van der Waals surface area (Å²) in [5.41, 5.74) is 3.01. The molecule has 0 radical (unpaired) electrons. The molecule has 0 saturated carbocycles. The Bertz CT molecular complexity index is 1610. The number of phenols is 1. The number of aryl methyl sites for hydroxylation is 3. The van der Waals surface area contributed by atoms with Crippen molar-refractivity contribution in [3.05, 3.63) is 74.8 Å². The number of hydrogen-bond donors (Lipinski definition) is 4. The fourth-order valence-electron chi connectivity index (χ4n) is 4.51. The molecule has 204 valence electrons. The molecular formula is C29H30N2O8. The van der Waals surface area contributed by atoms with Crippen LogP contribution in [0.2, 0.25) is 0 Å². The Labute approximate surface area is 223 Å². The van der Waals surface area contributed by atoms with Gasteiger partial charge in [0.1, 0.15) is 28.7 Å². The van der Waals surface area contributed by atoms with Gasteiger partial charge >= 0.3 is 11.6 Å². The standard InChI is InChI=1S/C29H30N2O8/c1-15-17(3)38-23-14-24-22(13-21(15)23)16(2)20(29(37)39-24)10-11-25(33)31-27(18-6-8-19(32)9-7-18)28(36)30-12-4-5-26(34)35/h6-9,13-14,27,32H,4-5,10-12H2,1-3H3,(H,30,36)(H,31,33)(H,34,35). The zero-order valence-electron chi connectivity index (χ0n) is 21.9. The number of carboxylic acids is 1. The maximum atomic E-state index is 12.9. The smallest absolute Gasteiger partial charge is 0.339 e. The van der Waals surface area contributed by atoms with Crippen molar-refractivity contribution < 1.29 is 33.4 Å². The molecule has 0 aliphatic heterocycles. The Kier molecular flexibility index (Phi) is 8.04. The highest BCUT2D eigenvalue weighted by molar-refractivity contribution is 5.97. The van der Waals surface area contributed by atoms with Gasteiger partial charge in [-0.3, -0.25) is 14.4 Å². The van der Waals surface area contributed by atoms with E-state index in [1.54, 1.807) is 6.07 Å². The first kappa shape index (κ1) is 27.4. The third-order valence-corrected chi connectivity index (χ3v) is 6.85. The van der Waals surface area contributed by atoms with E-state index in [0.29, 0.717) is 27.9 Å². The second kappa shape index (κ2) is 11.4. The van der Waals surface area contributed by atoms with Crippen molar-refractivity contribution in [3.63, 3.8) is 0 Å². The maximum absolute atomic E-state index is 12.9. The molecule has 39 heavy (non-hydrogen) atoms. The number of aromatic hydroxyl groups is 1. The molecular weight excluding hydrogens is 504 g/mol. The molecule has 2 aromatic carbocycles. The average Bonchev–Trinajstić information content (AvgIpc) is 3.16. The van der Waals surface area contributed by atoms with Crippen LogP contribution in [0.5, 0.6) is 5.75 Å². The van der Waals surface area contributed by atoms with Gasteiger partial charge in [0.25, 0.3) is 0 Å². The number of rotatable bonds is 10. The minimum atomic E-state index is -1.07. The van der Waals surface area contributed by atoms with E-state index in [-0.39, 0.29) is 38.0 Å². The summed E-state index contributed by atoms with van der Waals surface area (Å²) in [5, 5.41) is 25.4. The van der Waals surface area contributed by atoms with Crippen LogP contribution in [-0.2, 0) is 20.8 Å². The normalized spacial score (nSPS) is 12.0. The second-order valence-electron chi connectivity index (χ2n) is 9.50.